The van der Waals surface area contributed by atoms with Crippen molar-refractivity contribution in [2.45, 2.75) is 65.3 Å². The first kappa shape index (κ1) is 19.4. The van der Waals surface area contributed by atoms with Gasteiger partial charge in [-0.2, -0.15) is 0 Å². The predicted octanol–water partition coefficient (Wildman–Crippen LogP) is 5.10. The summed E-state index contributed by atoms with van der Waals surface area (Å²) >= 11 is 0. The van der Waals surface area contributed by atoms with Crippen molar-refractivity contribution in [1.29, 1.82) is 0 Å². The first-order chi connectivity index (χ1) is 10.1. The van der Waals surface area contributed by atoms with Crippen molar-refractivity contribution < 1.29 is 4.79 Å². The van der Waals surface area contributed by atoms with Gasteiger partial charge in [0.05, 0.1) is 6.04 Å². The molecule has 0 aliphatic rings. The van der Waals surface area contributed by atoms with Crippen LogP contribution in [0.2, 0.25) is 0 Å². The zero-order valence-electron chi connectivity index (χ0n) is 14.0. The Morgan fingerprint density at radius 2 is 1.95 bits per heavy atom. The maximum absolute atomic E-state index is 11.1. The van der Waals surface area contributed by atoms with Gasteiger partial charge in [-0.1, -0.05) is 70.1 Å². The molecule has 0 aromatic carbocycles. The van der Waals surface area contributed by atoms with Crippen LogP contribution < -0.4 is 5.32 Å². The smallest absolute Gasteiger partial charge is 0.142 e. The molecule has 0 heterocycles. The molecule has 1 N–H and O–H groups in total. The van der Waals surface area contributed by atoms with Crippen molar-refractivity contribution >= 4 is 6.29 Å². The normalized spacial score (nSPS) is 13.7. The van der Waals surface area contributed by atoms with E-state index in [9.17, 15) is 4.79 Å². The highest BCUT2D eigenvalue weighted by atomic mass is 16.1. The molecular formula is C19H31NO. The number of unbranched alkanes of at least 4 members (excludes halogenated alkanes) is 2. The van der Waals surface area contributed by atoms with Crippen LogP contribution in [0.1, 0.15) is 59.3 Å². The van der Waals surface area contributed by atoms with E-state index in [-0.39, 0.29) is 6.04 Å². The number of rotatable bonds is 12. The van der Waals surface area contributed by atoms with E-state index in [0.29, 0.717) is 0 Å². The largest absolute Gasteiger partial charge is 0.376 e. The number of nitrogens with one attached hydrogen (secondary N) is 1. The standard InChI is InChI=1S/C19H31NO/c1-6-9-11-13-16(4)19(14-10-7-2)17(5)20-18(15-21)12-8-3/h7,10,14-15,18,20H,2,5-6,8-9,11-13H2,1,3-4H3/b14-10-,19-16-/t18-/m0/s1. The van der Waals surface area contributed by atoms with Crippen LogP contribution in [0.4, 0.5) is 0 Å². The summed E-state index contributed by atoms with van der Waals surface area (Å²) in [7, 11) is 0. The molecule has 0 rings (SSSR count). The summed E-state index contributed by atoms with van der Waals surface area (Å²) in [6.07, 6.45) is 13.2. The van der Waals surface area contributed by atoms with E-state index < -0.39 is 0 Å². The Morgan fingerprint density at radius 3 is 2.48 bits per heavy atom. The molecule has 0 unspecified atom stereocenters. The lowest BCUT2D eigenvalue weighted by atomic mass is 10.00. The Hall–Kier alpha value is -1.57. The van der Waals surface area contributed by atoms with Crippen molar-refractivity contribution in [2.75, 3.05) is 0 Å². The topological polar surface area (TPSA) is 29.1 Å². The lowest BCUT2D eigenvalue weighted by Gasteiger charge is -2.18. The fourth-order valence-corrected chi connectivity index (χ4v) is 2.23. The molecular weight excluding hydrogens is 258 g/mol. The van der Waals surface area contributed by atoms with Crippen molar-refractivity contribution in [2.24, 2.45) is 0 Å². The highest BCUT2D eigenvalue weighted by molar-refractivity contribution is 5.59. The Kier molecular flexibility index (Phi) is 11.3. The summed E-state index contributed by atoms with van der Waals surface area (Å²) in [5.74, 6) is 0. The summed E-state index contributed by atoms with van der Waals surface area (Å²) in [6, 6.07) is -0.155. The zero-order chi connectivity index (χ0) is 16.1. The Balaban J connectivity index is 4.98. The third kappa shape index (κ3) is 8.34. The number of allylic oxidation sites excluding steroid dienone is 4. The van der Waals surface area contributed by atoms with Crippen LogP contribution in [-0.2, 0) is 4.79 Å². The van der Waals surface area contributed by atoms with E-state index in [0.717, 1.165) is 36.8 Å². The summed E-state index contributed by atoms with van der Waals surface area (Å²) in [6.45, 7) is 14.3. The molecule has 0 amide bonds. The van der Waals surface area contributed by atoms with E-state index in [1.807, 2.05) is 12.2 Å². The molecule has 21 heavy (non-hydrogen) atoms. The van der Waals surface area contributed by atoms with Crippen LogP contribution in [0.15, 0.2) is 48.2 Å². The van der Waals surface area contributed by atoms with E-state index in [2.05, 4.69) is 39.2 Å². The van der Waals surface area contributed by atoms with Gasteiger partial charge in [-0.3, -0.25) is 0 Å². The number of aldehydes is 1. The van der Waals surface area contributed by atoms with Gasteiger partial charge in [-0.05, 0) is 31.8 Å². The maximum Gasteiger partial charge on any atom is 0.142 e. The number of hydrogen-bond acceptors (Lipinski definition) is 2. The van der Waals surface area contributed by atoms with Gasteiger partial charge in [-0.25, -0.2) is 0 Å². The fraction of sp³-hybridized carbons (Fsp3) is 0.526. The second-order valence-corrected chi connectivity index (χ2v) is 5.40. The molecule has 2 nitrogen and oxygen atoms in total. The second kappa shape index (κ2) is 12.2. The minimum absolute atomic E-state index is 0.155. The Bertz CT molecular complexity index is 390. The number of carbonyl (C=O) groups is 1. The van der Waals surface area contributed by atoms with Crippen molar-refractivity contribution in [3.8, 4) is 0 Å². The average molecular weight is 289 g/mol. The minimum Gasteiger partial charge on any atom is -0.376 e. The third-order valence-corrected chi connectivity index (χ3v) is 3.46. The van der Waals surface area contributed by atoms with Crippen molar-refractivity contribution in [3.63, 3.8) is 0 Å². The van der Waals surface area contributed by atoms with E-state index in [1.165, 1.54) is 24.8 Å². The fourth-order valence-electron chi connectivity index (χ4n) is 2.23. The van der Waals surface area contributed by atoms with Gasteiger partial charge < -0.3 is 10.1 Å². The van der Waals surface area contributed by atoms with Crippen molar-refractivity contribution in [3.05, 3.63) is 48.2 Å². The molecule has 0 saturated heterocycles. The Morgan fingerprint density at radius 1 is 1.24 bits per heavy atom. The maximum atomic E-state index is 11.1. The van der Waals surface area contributed by atoms with Gasteiger partial charge in [0.1, 0.15) is 6.29 Å². The molecule has 0 radical (unpaired) electrons. The molecule has 118 valence electrons. The van der Waals surface area contributed by atoms with Crippen LogP contribution in [-0.4, -0.2) is 12.3 Å². The number of hydrogen-bond donors (Lipinski definition) is 1. The predicted molar refractivity (Wildman–Crippen MR) is 93.2 cm³/mol. The van der Waals surface area contributed by atoms with Crippen LogP contribution in [0.3, 0.4) is 0 Å². The van der Waals surface area contributed by atoms with Crippen LogP contribution in [0.5, 0.6) is 0 Å². The van der Waals surface area contributed by atoms with Crippen LogP contribution >= 0.6 is 0 Å². The average Bonchev–Trinajstić information content (AvgIpc) is 2.47. The van der Waals surface area contributed by atoms with Gasteiger partial charge in [-0.15, -0.1) is 0 Å². The molecule has 2 heteroatoms. The van der Waals surface area contributed by atoms with Crippen LogP contribution in [0, 0.1) is 0 Å². The van der Waals surface area contributed by atoms with E-state index >= 15 is 0 Å². The van der Waals surface area contributed by atoms with Gasteiger partial charge in [0, 0.05) is 5.70 Å². The molecule has 0 aliphatic carbocycles. The molecule has 1 atom stereocenters. The molecule has 0 aromatic heterocycles. The lowest BCUT2D eigenvalue weighted by Crippen LogP contribution is -2.30. The molecule has 0 aromatic rings. The highest BCUT2D eigenvalue weighted by Gasteiger charge is 2.10. The van der Waals surface area contributed by atoms with Gasteiger partial charge in [0.25, 0.3) is 0 Å². The van der Waals surface area contributed by atoms with Gasteiger partial charge >= 0.3 is 0 Å². The molecule has 0 spiro atoms. The Labute approximate surface area is 130 Å². The minimum atomic E-state index is -0.155. The molecule has 0 bridgehead atoms. The quantitative estimate of drug-likeness (QED) is 0.308. The molecule has 0 aliphatic heterocycles. The summed E-state index contributed by atoms with van der Waals surface area (Å²) in [4.78, 5) is 11.1. The van der Waals surface area contributed by atoms with Crippen LogP contribution in [0.25, 0.3) is 0 Å². The number of carbonyl (C=O) groups excluding carboxylic acids is 1. The zero-order valence-corrected chi connectivity index (χ0v) is 14.0. The molecule has 0 fully saturated rings. The highest BCUT2D eigenvalue weighted by Crippen LogP contribution is 2.19. The van der Waals surface area contributed by atoms with Gasteiger partial charge in [0.2, 0.25) is 0 Å². The van der Waals surface area contributed by atoms with Crippen molar-refractivity contribution in [1.82, 2.24) is 5.32 Å². The monoisotopic (exact) mass is 289 g/mol. The SMILES string of the molecule is C=C/C=C\C(C(=C)N[C@H](C=O)CCC)=C(/C)CCCCC. The summed E-state index contributed by atoms with van der Waals surface area (Å²) in [5, 5.41) is 3.24. The lowest BCUT2D eigenvalue weighted by molar-refractivity contribution is -0.109. The first-order valence-corrected chi connectivity index (χ1v) is 8.00. The van der Waals surface area contributed by atoms with Gasteiger partial charge in [0.15, 0.2) is 0 Å². The summed E-state index contributed by atoms with van der Waals surface area (Å²) in [5.41, 5.74) is 3.22. The molecule has 0 saturated carbocycles. The van der Waals surface area contributed by atoms with E-state index in [4.69, 9.17) is 0 Å². The second-order valence-electron chi connectivity index (χ2n) is 5.40. The third-order valence-electron chi connectivity index (χ3n) is 3.46. The van der Waals surface area contributed by atoms with E-state index in [1.54, 1.807) is 6.08 Å². The summed E-state index contributed by atoms with van der Waals surface area (Å²) < 4.78 is 0. The first-order valence-electron chi connectivity index (χ1n) is 8.00.